The molecule has 1 aromatic carbocycles. The molecule has 0 saturated carbocycles. The molecule has 3 rings (SSSR count). The second-order valence-electron chi connectivity index (χ2n) is 4.89. The molecule has 0 aliphatic rings. The molecule has 0 atom stereocenters. The first kappa shape index (κ1) is 16.0. The number of allylic oxidation sites excluding steroid dienone is 1. The zero-order valence-corrected chi connectivity index (χ0v) is 14.6. The molecule has 0 fully saturated rings. The summed E-state index contributed by atoms with van der Waals surface area (Å²) < 4.78 is 11.3. The van der Waals surface area contributed by atoms with Gasteiger partial charge in [-0.3, -0.25) is 0 Å². The summed E-state index contributed by atoms with van der Waals surface area (Å²) >= 11 is 3.36. The zero-order chi connectivity index (χ0) is 17.1. The van der Waals surface area contributed by atoms with Crippen LogP contribution in [0.15, 0.2) is 34.9 Å². The maximum absolute atomic E-state index is 9.48. The van der Waals surface area contributed by atoms with Gasteiger partial charge in [-0.25, -0.2) is 9.97 Å². The Morgan fingerprint density at radius 1 is 1.25 bits per heavy atom. The van der Waals surface area contributed by atoms with Gasteiger partial charge in [-0.1, -0.05) is 6.07 Å². The number of fused-ring (bicyclic) bond motifs is 1. The number of rotatable bonds is 4. The molecule has 1 N–H and O–H groups in total. The van der Waals surface area contributed by atoms with E-state index in [4.69, 9.17) is 9.47 Å². The zero-order valence-electron chi connectivity index (χ0n) is 13.0. The van der Waals surface area contributed by atoms with Gasteiger partial charge in [-0.2, -0.15) is 5.26 Å². The van der Waals surface area contributed by atoms with Crippen molar-refractivity contribution in [1.82, 2.24) is 15.0 Å². The van der Waals surface area contributed by atoms with Gasteiger partial charge in [-0.05, 0) is 45.8 Å². The molecule has 0 unspecified atom stereocenters. The molecule has 6 nitrogen and oxygen atoms in total. The lowest BCUT2D eigenvalue weighted by Gasteiger charge is -2.07. The summed E-state index contributed by atoms with van der Waals surface area (Å²) in [6.07, 6.45) is 3.39. The van der Waals surface area contributed by atoms with Crippen LogP contribution in [0, 0.1) is 11.3 Å². The molecule has 0 bridgehead atoms. The number of aromatic amines is 1. The van der Waals surface area contributed by atoms with Crippen LogP contribution in [0.2, 0.25) is 0 Å². The summed E-state index contributed by atoms with van der Waals surface area (Å²) in [5.74, 6) is 1.69. The largest absolute Gasteiger partial charge is 0.493 e. The highest BCUT2D eigenvalue weighted by molar-refractivity contribution is 9.10. The smallest absolute Gasteiger partial charge is 0.178 e. The van der Waals surface area contributed by atoms with E-state index in [0.29, 0.717) is 28.5 Å². The molecule has 0 radical (unpaired) electrons. The van der Waals surface area contributed by atoms with Crippen LogP contribution in [-0.4, -0.2) is 29.2 Å². The van der Waals surface area contributed by atoms with E-state index < -0.39 is 0 Å². The average Bonchev–Trinajstić information content (AvgIpc) is 3.02. The van der Waals surface area contributed by atoms with Crippen molar-refractivity contribution in [2.75, 3.05) is 14.2 Å². The molecule has 0 aliphatic heterocycles. The van der Waals surface area contributed by atoms with Crippen LogP contribution >= 0.6 is 15.9 Å². The van der Waals surface area contributed by atoms with Gasteiger partial charge in [0.15, 0.2) is 23.0 Å². The van der Waals surface area contributed by atoms with Crippen molar-refractivity contribution >= 4 is 38.7 Å². The van der Waals surface area contributed by atoms with Crippen LogP contribution in [0.3, 0.4) is 0 Å². The number of nitrogens with zero attached hydrogens (tertiary/aromatic N) is 3. The standard InChI is InChI=1S/C17H13BrN4O2/c1-23-14-4-3-10(6-15(14)24-2)5-11(8-19)16-21-13-7-12(18)9-20-17(13)22-16/h3-7,9H,1-2H3,(H,20,21,22). The van der Waals surface area contributed by atoms with Crippen LogP contribution in [0.1, 0.15) is 11.4 Å². The summed E-state index contributed by atoms with van der Waals surface area (Å²) in [6, 6.07) is 9.46. The fourth-order valence-corrected chi connectivity index (χ4v) is 2.60. The first-order valence-corrected chi connectivity index (χ1v) is 7.79. The average molecular weight is 385 g/mol. The van der Waals surface area contributed by atoms with E-state index >= 15 is 0 Å². The Hall–Kier alpha value is -2.85. The summed E-state index contributed by atoms with van der Waals surface area (Å²) in [4.78, 5) is 11.7. The maximum atomic E-state index is 9.48. The number of benzene rings is 1. The minimum absolute atomic E-state index is 0.399. The molecule has 0 aliphatic carbocycles. The fraction of sp³-hybridized carbons (Fsp3) is 0.118. The molecule has 7 heteroatoms. The SMILES string of the molecule is COc1ccc(C=C(C#N)c2nc3ncc(Br)cc3[nH]2)cc1OC. The number of H-pyrrole nitrogens is 1. The van der Waals surface area contributed by atoms with E-state index in [9.17, 15) is 5.26 Å². The second-order valence-corrected chi connectivity index (χ2v) is 5.81. The molecule has 3 aromatic rings. The number of nitriles is 1. The maximum Gasteiger partial charge on any atom is 0.178 e. The predicted octanol–water partition coefficient (Wildman–Crippen LogP) is 3.80. The topological polar surface area (TPSA) is 83.8 Å². The van der Waals surface area contributed by atoms with Gasteiger partial charge in [0.1, 0.15) is 6.07 Å². The minimum atomic E-state index is 0.399. The van der Waals surface area contributed by atoms with Crippen molar-refractivity contribution in [3.05, 3.63) is 46.3 Å². The van der Waals surface area contributed by atoms with Crippen molar-refractivity contribution in [1.29, 1.82) is 5.26 Å². The molecule has 2 aromatic heterocycles. The van der Waals surface area contributed by atoms with Crippen LogP contribution in [0.25, 0.3) is 22.8 Å². The van der Waals surface area contributed by atoms with Gasteiger partial charge in [-0.15, -0.1) is 0 Å². The van der Waals surface area contributed by atoms with E-state index in [1.165, 1.54) is 0 Å². The summed E-state index contributed by atoms with van der Waals surface area (Å²) in [7, 11) is 3.15. The molecule has 0 spiro atoms. The second kappa shape index (κ2) is 6.72. The van der Waals surface area contributed by atoms with Crippen molar-refractivity contribution in [2.45, 2.75) is 0 Å². The molecule has 0 saturated heterocycles. The molecular weight excluding hydrogens is 372 g/mol. The van der Waals surface area contributed by atoms with Gasteiger partial charge >= 0.3 is 0 Å². The van der Waals surface area contributed by atoms with Crippen LogP contribution in [0.4, 0.5) is 0 Å². The van der Waals surface area contributed by atoms with Crippen molar-refractivity contribution < 1.29 is 9.47 Å². The normalized spacial score (nSPS) is 11.3. The minimum Gasteiger partial charge on any atom is -0.493 e. The third kappa shape index (κ3) is 3.09. The third-order valence-electron chi connectivity index (χ3n) is 3.40. The Morgan fingerprint density at radius 3 is 2.75 bits per heavy atom. The predicted molar refractivity (Wildman–Crippen MR) is 94.6 cm³/mol. The molecule has 0 amide bonds. The Kier molecular flexibility index (Phi) is 4.49. The molecule has 2 heterocycles. The highest BCUT2D eigenvalue weighted by Crippen LogP contribution is 2.29. The number of methoxy groups -OCH3 is 2. The molecular formula is C17H13BrN4O2. The van der Waals surface area contributed by atoms with Crippen LogP contribution < -0.4 is 9.47 Å². The lowest BCUT2D eigenvalue weighted by molar-refractivity contribution is 0.355. The summed E-state index contributed by atoms with van der Waals surface area (Å²) in [5.41, 5.74) is 2.52. The Morgan fingerprint density at radius 2 is 2.04 bits per heavy atom. The third-order valence-corrected chi connectivity index (χ3v) is 3.83. The Bertz CT molecular complexity index is 972. The van der Waals surface area contributed by atoms with Gasteiger partial charge in [0.05, 0.1) is 25.3 Å². The van der Waals surface area contributed by atoms with Crippen LogP contribution in [0.5, 0.6) is 11.5 Å². The summed E-state index contributed by atoms with van der Waals surface area (Å²) in [5, 5.41) is 9.48. The first-order chi connectivity index (χ1) is 11.6. The summed E-state index contributed by atoms with van der Waals surface area (Å²) in [6.45, 7) is 0. The lowest BCUT2D eigenvalue weighted by Crippen LogP contribution is -1.91. The van der Waals surface area contributed by atoms with Crippen molar-refractivity contribution in [3.63, 3.8) is 0 Å². The van der Waals surface area contributed by atoms with Crippen molar-refractivity contribution in [2.24, 2.45) is 0 Å². The number of halogens is 1. The quantitative estimate of drug-likeness (QED) is 0.691. The highest BCUT2D eigenvalue weighted by Gasteiger charge is 2.10. The number of pyridine rings is 1. The number of hydrogen-bond donors (Lipinski definition) is 1. The molecule has 120 valence electrons. The van der Waals surface area contributed by atoms with E-state index in [1.54, 1.807) is 38.6 Å². The Labute approximate surface area is 146 Å². The fourth-order valence-electron chi connectivity index (χ4n) is 2.26. The monoisotopic (exact) mass is 384 g/mol. The van der Waals surface area contributed by atoms with Gasteiger partial charge in [0.25, 0.3) is 0 Å². The first-order valence-electron chi connectivity index (χ1n) is 7.00. The van der Waals surface area contributed by atoms with E-state index in [0.717, 1.165) is 15.6 Å². The Balaban J connectivity index is 2.04. The number of aromatic nitrogens is 3. The van der Waals surface area contributed by atoms with Gasteiger partial charge in [0.2, 0.25) is 0 Å². The van der Waals surface area contributed by atoms with E-state index in [2.05, 4.69) is 37.0 Å². The number of hydrogen-bond acceptors (Lipinski definition) is 5. The number of ether oxygens (including phenoxy) is 2. The lowest BCUT2D eigenvalue weighted by atomic mass is 10.1. The number of imidazole rings is 1. The van der Waals surface area contributed by atoms with Gasteiger partial charge < -0.3 is 14.5 Å². The van der Waals surface area contributed by atoms with Gasteiger partial charge in [0, 0.05) is 10.7 Å². The highest BCUT2D eigenvalue weighted by atomic mass is 79.9. The van der Waals surface area contributed by atoms with E-state index in [-0.39, 0.29) is 0 Å². The number of nitrogens with one attached hydrogen (secondary N) is 1. The molecule has 24 heavy (non-hydrogen) atoms. The van der Waals surface area contributed by atoms with Crippen molar-refractivity contribution in [3.8, 4) is 17.6 Å². The van der Waals surface area contributed by atoms with E-state index in [1.807, 2.05) is 12.1 Å². The van der Waals surface area contributed by atoms with Crippen LogP contribution in [-0.2, 0) is 0 Å².